The van der Waals surface area contributed by atoms with Gasteiger partial charge in [0, 0.05) is 16.1 Å². The highest BCUT2D eigenvalue weighted by Gasteiger charge is 2.16. The van der Waals surface area contributed by atoms with E-state index in [9.17, 15) is 0 Å². The minimum absolute atomic E-state index is 0.00489. The molecule has 2 unspecified atom stereocenters. The van der Waals surface area contributed by atoms with Crippen LogP contribution in [0.15, 0.2) is 18.2 Å². The van der Waals surface area contributed by atoms with Gasteiger partial charge in [0.2, 0.25) is 0 Å². The van der Waals surface area contributed by atoms with E-state index in [0.29, 0.717) is 16.0 Å². The van der Waals surface area contributed by atoms with Crippen LogP contribution in [0.3, 0.4) is 0 Å². The summed E-state index contributed by atoms with van der Waals surface area (Å²) < 4.78 is 0. The van der Waals surface area contributed by atoms with Crippen molar-refractivity contribution < 1.29 is 0 Å². The highest BCUT2D eigenvalue weighted by atomic mass is 35.5. The minimum atomic E-state index is -0.00489. The number of benzene rings is 1. The average Bonchev–Trinajstić information content (AvgIpc) is 2.17. The fraction of sp³-hybridized carbons (Fsp3) is 0.500. The smallest absolute Gasteiger partial charge is 0.0468 e. The van der Waals surface area contributed by atoms with Crippen LogP contribution in [0.4, 0.5) is 0 Å². The molecule has 1 nitrogen and oxygen atoms in total. The zero-order valence-corrected chi connectivity index (χ0v) is 10.6. The van der Waals surface area contributed by atoms with Crippen LogP contribution in [-0.2, 0) is 0 Å². The van der Waals surface area contributed by atoms with E-state index in [0.717, 1.165) is 18.4 Å². The molecule has 1 aromatic rings. The van der Waals surface area contributed by atoms with Crippen molar-refractivity contribution in [2.75, 3.05) is 0 Å². The van der Waals surface area contributed by atoms with Gasteiger partial charge in [0.1, 0.15) is 0 Å². The largest absolute Gasteiger partial charge is 0.324 e. The summed E-state index contributed by atoms with van der Waals surface area (Å²) >= 11 is 11.9. The second-order valence-electron chi connectivity index (χ2n) is 3.96. The lowest BCUT2D eigenvalue weighted by Crippen LogP contribution is -2.19. The summed E-state index contributed by atoms with van der Waals surface area (Å²) in [5.74, 6) is 0.439. The summed E-state index contributed by atoms with van der Waals surface area (Å²) in [5.41, 5.74) is 7.14. The van der Waals surface area contributed by atoms with Gasteiger partial charge >= 0.3 is 0 Å². The predicted octanol–water partition coefficient (Wildman–Crippen LogP) is 4.43. The SMILES string of the molecule is CCCC(C)C(N)c1ccc(Cl)cc1Cl. The Morgan fingerprint density at radius 1 is 1.33 bits per heavy atom. The van der Waals surface area contributed by atoms with E-state index >= 15 is 0 Å². The van der Waals surface area contributed by atoms with Gasteiger partial charge in [-0.25, -0.2) is 0 Å². The Hall–Kier alpha value is -0.240. The Balaban J connectivity index is 2.86. The maximum absolute atomic E-state index is 6.15. The van der Waals surface area contributed by atoms with Gasteiger partial charge in [-0.15, -0.1) is 0 Å². The Kier molecular flexibility index (Phi) is 4.91. The summed E-state index contributed by atoms with van der Waals surface area (Å²) in [4.78, 5) is 0. The van der Waals surface area contributed by atoms with Crippen LogP contribution in [-0.4, -0.2) is 0 Å². The van der Waals surface area contributed by atoms with Crippen molar-refractivity contribution in [3.63, 3.8) is 0 Å². The molecule has 0 aliphatic heterocycles. The van der Waals surface area contributed by atoms with Crippen LogP contribution in [0.25, 0.3) is 0 Å². The molecule has 1 rings (SSSR count). The first kappa shape index (κ1) is 12.8. The van der Waals surface area contributed by atoms with Crippen molar-refractivity contribution in [3.8, 4) is 0 Å². The van der Waals surface area contributed by atoms with E-state index in [2.05, 4.69) is 13.8 Å². The number of rotatable bonds is 4. The van der Waals surface area contributed by atoms with E-state index in [1.165, 1.54) is 0 Å². The molecule has 0 aromatic heterocycles. The number of nitrogens with two attached hydrogens (primary N) is 1. The first-order chi connectivity index (χ1) is 7.06. The molecule has 2 N–H and O–H groups in total. The van der Waals surface area contributed by atoms with Gasteiger partial charge < -0.3 is 5.73 Å². The molecule has 0 radical (unpaired) electrons. The third-order valence-electron chi connectivity index (χ3n) is 2.68. The Labute approximate surface area is 102 Å². The third kappa shape index (κ3) is 3.37. The van der Waals surface area contributed by atoms with Crippen LogP contribution in [0.1, 0.15) is 38.3 Å². The molecule has 0 saturated carbocycles. The molecule has 0 aliphatic carbocycles. The number of halogens is 2. The molecule has 0 heterocycles. The molecule has 0 spiro atoms. The Morgan fingerprint density at radius 2 is 2.00 bits per heavy atom. The van der Waals surface area contributed by atoms with Gasteiger partial charge in [0.25, 0.3) is 0 Å². The lowest BCUT2D eigenvalue weighted by Gasteiger charge is -2.20. The summed E-state index contributed by atoms with van der Waals surface area (Å²) in [6.07, 6.45) is 2.25. The number of hydrogen-bond donors (Lipinski definition) is 1. The first-order valence-corrected chi connectivity index (χ1v) is 6.02. The third-order valence-corrected chi connectivity index (χ3v) is 3.24. The zero-order chi connectivity index (χ0) is 11.4. The van der Waals surface area contributed by atoms with E-state index in [4.69, 9.17) is 28.9 Å². The molecule has 15 heavy (non-hydrogen) atoms. The van der Waals surface area contributed by atoms with E-state index < -0.39 is 0 Å². The summed E-state index contributed by atoms with van der Waals surface area (Å²) in [6.45, 7) is 4.31. The van der Waals surface area contributed by atoms with Crippen molar-refractivity contribution >= 4 is 23.2 Å². The molecule has 0 fully saturated rings. The van der Waals surface area contributed by atoms with Gasteiger partial charge in [-0.2, -0.15) is 0 Å². The molecular formula is C12H17Cl2N. The summed E-state index contributed by atoms with van der Waals surface area (Å²) in [6, 6.07) is 5.49. The van der Waals surface area contributed by atoms with Gasteiger partial charge in [-0.3, -0.25) is 0 Å². The number of hydrogen-bond acceptors (Lipinski definition) is 1. The average molecular weight is 246 g/mol. The first-order valence-electron chi connectivity index (χ1n) is 5.26. The molecular weight excluding hydrogens is 229 g/mol. The van der Waals surface area contributed by atoms with Crippen molar-refractivity contribution in [2.24, 2.45) is 11.7 Å². The molecule has 0 aliphatic rings. The van der Waals surface area contributed by atoms with Crippen LogP contribution < -0.4 is 5.73 Å². The van der Waals surface area contributed by atoms with Crippen molar-refractivity contribution in [3.05, 3.63) is 33.8 Å². The second kappa shape index (κ2) is 5.74. The maximum atomic E-state index is 6.15. The van der Waals surface area contributed by atoms with Crippen molar-refractivity contribution in [1.82, 2.24) is 0 Å². The highest BCUT2D eigenvalue weighted by molar-refractivity contribution is 6.35. The molecule has 0 saturated heterocycles. The monoisotopic (exact) mass is 245 g/mol. The molecule has 0 amide bonds. The molecule has 1 aromatic carbocycles. The predicted molar refractivity (Wildman–Crippen MR) is 67.5 cm³/mol. The summed E-state index contributed by atoms with van der Waals surface area (Å²) in [7, 11) is 0. The summed E-state index contributed by atoms with van der Waals surface area (Å²) in [5, 5.41) is 1.32. The molecule has 0 bridgehead atoms. The van der Waals surface area contributed by atoms with E-state index in [1.54, 1.807) is 6.07 Å². The maximum Gasteiger partial charge on any atom is 0.0468 e. The van der Waals surface area contributed by atoms with Gasteiger partial charge in [-0.1, -0.05) is 49.5 Å². The molecule has 2 atom stereocenters. The van der Waals surface area contributed by atoms with Crippen LogP contribution in [0, 0.1) is 5.92 Å². The Morgan fingerprint density at radius 3 is 2.53 bits per heavy atom. The quantitative estimate of drug-likeness (QED) is 0.835. The van der Waals surface area contributed by atoms with Gasteiger partial charge in [-0.05, 0) is 30.0 Å². The van der Waals surface area contributed by atoms with Crippen LogP contribution in [0.5, 0.6) is 0 Å². The van der Waals surface area contributed by atoms with Crippen LogP contribution >= 0.6 is 23.2 Å². The minimum Gasteiger partial charge on any atom is -0.324 e. The lowest BCUT2D eigenvalue weighted by molar-refractivity contribution is 0.434. The van der Waals surface area contributed by atoms with Gasteiger partial charge in [0.15, 0.2) is 0 Å². The van der Waals surface area contributed by atoms with Crippen molar-refractivity contribution in [1.29, 1.82) is 0 Å². The second-order valence-corrected chi connectivity index (χ2v) is 4.80. The fourth-order valence-corrected chi connectivity index (χ4v) is 2.25. The standard InChI is InChI=1S/C12H17Cl2N/c1-3-4-8(2)12(15)10-6-5-9(13)7-11(10)14/h5-8,12H,3-4,15H2,1-2H3. The highest BCUT2D eigenvalue weighted by Crippen LogP contribution is 2.30. The normalized spacial score (nSPS) is 15.0. The topological polar surface area (TPSA) is 26.0 Å². The van der Waals surface area contributed by atoms with Crippen LogP contribution in [0.2, 0.25) is 10.0 Å². The molecule has 84 valence electrons. The molecule has 3 heteroatoms. The van der Waals surface area contributed by atoms with Crippen molar-refractivity contribution in [2.45, 2.75) is 32.7 Å². The Bertz CT molecular complexity index is 325. The lowest BCUT2D eigenvalue weighted by atomic mass is 9.92. The van der Waals surface area contributed by atoms with E-state index in [1.807, 2.05) is 12.1 Å². The zero-order valence-electron chi connectivity index (χ0n) is 9.13. The fourth-order valence-electron chi connectivity index (χ4n) is 1.71. The van der Waals surface area contributed by atoms with E-state index in [-0.39, 0.29) is 6.04 Å². The van der Waals surface area contributed by atoms with Gasteiger partial charge in [0.05, 0.1) is 0 Å².